The first-order valence-corrected chi connectivity index (χ1v) is 8.66. The molecule has 2 heterocycles. The molecular weight excluding hydrogens is 302 g/mol. The summed E-state index contributed by atoms with van der Waals surface area (Å²) in [6.45, 7) is 4.13. The smallest absolute Gasteiger partial charge is 0.0987 e. The number of hydrogen-bond donors (Lipinski definition) is 1. The Morgan fingerprint density at radius 1 is 1.43 bits per heavy atom. The molecule has 3 nitrogen and oxygen atoms in total. The van der Waals surface area contributed by atoms with Crippen molar-refractivity contribution in [3.63, 3.8) is 0 Å². The van der Waals surface area contributed by atoms with Crippen LogP contribution in [0.15, 0.2) is 28.1 Å². The molecule has 0 atom stereocenters. The summed E-state index contributed by atoms with van der Waals surface area (Å²) < 4.78 is 0. The normalized spacial score (nSPS) is 17.3. The predicted octanol–water partition coefficient (Wildman–Crippen LogP) is 4.35. The summed E-state index contributed by atoms with van der Waals surface area (Å²) >= 11 is 7.97. The lowest BCUT2D eigenvalue weighted by Gasteiger charge is -2.10. The number of likely N-dealkylation sites (tertiary alicyclic amines) is 1. The number of thioether (sulfide) groups is 1. The third-order valence-electron chi connectivity index (χ3n) is 3.86. The minimum absolute atomic E-state index is 0.788. The SMILES string of the molecule is Cc1[nH]c2ccc(Cl)cc2c1SCCN=C1CCCN1C. The van der Waals surface area contributed by atoms with E-state index in [0.717, 1.165) is 35.8 Å². The average molecular weight is 322 g/mol. The van der Waals surface area contributed by atoms with Crippen molar-refractivity contribution in [1.82, 2.24) is 9.88 Å². The van der Waals surface area contributed by atoms with E-state index in [2.05, 4.69) is 23.9 Å². The highest BCUT2D eigenvalue weighted by Gasteiger charge is 2.13. The van der Waals surface area contributed by atoms with Crippen molar-refractivity contribution in [2.75, 3.05) is 25.9 Å². The summed E-state index contributed by atoms with van der Waals surface area (Å²) in [6.07, 6.45) is 2.37. The summed E-state index contributed by atoms with van der Waals surface area (Å²) in [5.41, 5.74) is 2.36. The number of halogens is 1. The fraction of sp³-hybridized carbons (Fsp3) is 0.438. The Labute approximate surface area is 134 Å². The molecule has 1 N–H and O–H groups in total. The molecule has 0 amide bonds. The van der Waals surface area contributed by atoms with Gasteiger partial charge in [0.05, 0.1) is 12.4 Å². The number of rotatable bonds is 4. The summed E-state index contributed by atoms with van der Waals surface area (Å²) in [5.74, 6) is 2.26. The Bertz CT molecular complexity index is 677. The maximum Gasteiger partial charge on any atom is 0.0987 e. The molecule has 1 aliphatic heterocycles. The van der Waals surface area contributed by atoms with E-state index < -0.39 is 0 Å². The van der Waals surface area contributed by atoms with E-state index >= 15 is 0 Å². The number of benzene rings is 1. The Hall–Kier alpha value is -1.13. The van der Waals surface area contributed by atoms with Crippen LogP contribution >= 0.6 is 23.4 Å². The summed E-state index contributed by atoms with van der Waals surface area (Å²) in [7, 11) is 2.13. The van der Waals surface area contributed by atoms with Gasteiger partial charge in [0.1, 0.15) is 0 Å². The second-order valence-corrected chi connectivity index (χ2v) is 6.98. The van der Waals surface area contributed by atoms with Gasteiger partial charge in [-0.15, -0.1) is 11.8 Å². The predicted molar refractivity (Wildman–Crippen MR) is 92.9 cm³/mol. The lowest BCUT2D eigenvalue weighted by Crippen LogP contribution is -2.19. The van der Waals surface area contributed by atoms with Crippen LogP contribution < -0.4 is 0 Å². The number of aromatic amines is 1. The summed E-state index contributed by atoms with van der Waals surface area (Å²) in [6, 6.07) is 6.01. The monoisotopic (exact) mass is 321 g/mol. The number of aromatic nitrogens is 1. The van der Waals surface area contributed by atoms with Gasteiger partial charge in [0.15, 0.2) is 0 Å². The highest BCUT2D eigenvalue weighted by molar-refractivity contribution is 7.99. The van der Waals surface area contributed by atoms with Gasteiger partial charge < -0.3 is 9.88 Å². The molecule has 112 valence electrons. The Morgan fingerprint density at radius 3 is 3.05 bits per heavy atom. The van der Waals surface area contributed by atoms with Crippen LogP contribution in [0.2, 0.25) is 5.02 Å². The molecule has 3 rings (SSSR count). The van der Waals surface area contributed by atoms with Crippen molar-refractivity contribution in [2.45, 2.75) is 24.7 Å². The molecule has 21 heavy (non-hydrogen) atoms. The van der Waals surface area contributed by atoms with Crippen molar-refractivity contribution in [3.05, 3.63) is 28.9 Å². The Morgan fingerprint density at radius 2 is 2.29 bits per heavy atom. The maximum absolute atomic E-state index is 6.11. The molecule has 0 radical (unpaired) electrons. The van der Waals surface area contributed by atoms with E-state index in [-0.39, 0.29) is 0 Å². The number of nitrogens with zero attached hydrogens (tertiary/aromatic N) is 2. The summed E-state index contributed by atoms with van der Waals surface area (Å²) in [4.78, 5) is 11.7. The number of amidine groups is 1. The van der Waals surface area contributed by atoms with E-state index in [1.165, 1.54) is 28.2 Å². The van der Waals surface area contributed by atoms with E-state index in [4.69, 9.17) is 16.6 Å². The Kier molecular flexibility index (Phi) is 4.45. The lowest BCUT2D eigenvalue weighted by molar-refractivity contribution is 0.548. The van der Waals surface area contributed by atoms with Crippen molar-refractivity contribution in [3.8, 4) is 0 Å². The van der Waals surface area contributed by atoms with Crippen LogP contribution in [0.5, 0.6) is 0 Å². The van der Waals surface area contributed by atoms with E-state index in [0.29, 0.717) is 0 Å². The fourth-order valence-corrected chi connectivity index (χ4v) is 3.93. The zero-order chi connectivity index (χ0) is 14.8. The molecule has 1 saturated heterocycles. The summed E-state index contributed by atoms with van der Waals surface area (Å²) in [5, 5.41) is 2.01. The molecule has 5 heteroatoms. The molecule has 1 fully saturated rings. The van der Waals surface area contributed by atoms with Crippen molar-refractivity contribution >= 4 is 40.1 Å². The molecule has 1 aromatic heterocycles. The lowest BCUT2D eigenvalue weighted by atomic mass is 10.2. The number of fused-ring (bicyclic) bond motifs is 1. The minimum atomic E-state index is 0.788. The second-order valence-electron chi connectivity index (χ2n) is 5.44. The van der Waals surface area contributed by atoms with Crippen LogP contribution in [-0.4, -0.2) is 41.6 Å². The van der Waals surface area contributed by atoms with Gasteiger partial charge in [-0.3, -0.25) is 4.99 Å². The molecule has 1 aromatic carbocycles. The van der Waals surface area contributed by atoms with Gasteiger partial charge in [-0.1, -0.05) is 11.6 Å². The first-order valence-electron chi connectivity index (χ1n) is 7.30. The zero-order valence-corrected chi connectivity index (χ0v) is 14.0. The van der Waals surface area contributed by atoms with E-state index in [1.807, 2.05) is 30.0 Å². The maximum atomic E-state index is 6.11. The molecule has 0 spiro atoms. The van der Waals surface area contributed by atoms with Crippen LogP contribution in [0.1, 0.15) is 18.5 Å². The number of aliphatic imine (C=N–C) groups is 1. The number of nitrogens with one attached hydrogen (secondary N) is 1. The zero-order valence-electron chi connectivity index (χ0n) is 12.4. The van der Waals surface area contributed by atoms with Gasteiger partial charge in [0.2, 0.25) is 0 Å². The topological polar surface area (TPSA) is 31.4 Å². The highest BCUT2D eigenvalue weighted by atomic mass is 35.5. The quantitative estimate of drug-likeness (QED) is 0.670. The van der Waals surface area contributed by atoms with Crippen LogP contribution in [-0.2, 0) is 0 Å². The number of aryl methyl sites for hydroxylation is 1. The molecule has 0 saturated carbocycles. The number of H-pyrrole nitrogens is 1. The fourth-order valence-electron chi connectivity index (χ4n) is 2.78. The van der Waals surface area contributed by atoms with Crippen LogP contribution in [0.3, 0.4) is 0 Å². The van der Waals surface area contributed by atoms with Gasteiger partial charge in [-0.05, 0) is 31.5 Å². The third-order valence-corrected chi connectivity index (χ3v) is 5.29. The van der Waals surface area contributed by atoms with Crippen molar-refractivity contribution < 1.29 is 0 Å². The molecule has 1 aliphatic rings. The van der Waals surface area contributed by atoms with Crippen molar-refractivity contribution in [1.29, 1.82) is 0 Å². The van der Waals surface area contributed by atoms with E-state index in [1.54, 1.807) is 0 Å². The van der Waals surface area contributed by atoms with Gasteiger partial charge in [-0.25, -0.2) is 0 Å². The van der Waals surface area contributed by atoms with Gasteiger partial charge in [-0.2, -0.15) is 0 Å². The second kappa shape index (κ2) is 6.32. The van der Waals surface area contributed by atoms with Crippen molar-refractivity contribution in [2.24, 2.45) is 4.99 Å². The van der Waals surface area contributed by atoms with Gasteiger partial charge >= 0.3 is 0 Å². The van der Waals surface area contributed by atoms with Crippen LogP contribution in [0.25, 0.3) is 10.9 Å². The highest BCUT2D eigenvalue weighted by Crippen LogP contribution is 2.32. The molecule has 0 aliphatic carbocycles. The van der Waals surface area contributed by atoms with Crippen LogP contribution in [0.4, 0.5) is 0 Å². The standard InChI is InChI=1S/C16H20ClN3S/c1-11-16(13-10-12(17)5-6-14(13)19-11)21-9-7-18-15-4-3-8-20(15)2/h5-6,10,19H,3-4,7-9H2,1-2H3. The molecular formula is C16H20ClN3S. The minimum Gasteiger partial charge on any atom is -0.363 e. The first kappa shape index (κ1) is 14.8. The molecule has 2 aromatic rings. The molecule has 0 unspecified atom stereocenters. The Balaban J connectivity index is 1.68. The largest absolute Gasteiger partial charge is 0.363 e. The van der Waals surface area contributed by atoms with Gasteiger partial charge in [0, 0.05) is 52.3 Å². The van der Waals surface area contributed by atoms with Crippen LogP contribution in [0, 0.1) is 6.92 Å². The first-order chi connectivity index (χ1) is 10.1. The third kappa shape index (κ3) is 3.22. The van der Waals surface area contributed by atoms with E-state index in [9.17, 15) is 0 Å². The number of hydrogen-bond acceptors (Lipinski definition) is 2. The average Bonchev–Trinajstić information content (AvgIpc) is 2.99. The molecule has 0 bridgehead atoms. The van der Waals surface area contributed by atoms with Gasteiger partial charge in [0.25, 0.3) is 0 Å².